The molecule has 0 spiro atoms. The molecule has 4 aromatic rings. The molecule has 0 saturated carbocycles. The number of methoxy groups -OCH3 is 1. The molecule has 10 heteroatoms. The molecule has 0 radical (unpaired) electrons. The quantitative estimate of drug-likeness (QED) is 0.395. The topological polar surface area (TPSA) is 103 Å². The molecule has 0 aliphatic heterocycles. The molecule has 2 heterocycles. The Balaban J connectivity index is 1.94. The van der Waals surface area contributed by atoms with Crippen molar-refractivity contribution in [2.45, 2.75) is 19.9 Å². The molecule has 1 N–H and O–H groups in total. The fourth-order valence-electron chi connectivity index (χ4n) is 4.20. The minimum atomic E-state index is -3.51. The van der Waals surface area contributed by atoms with Gasteiger partial charge in [-0.3, -0.25) is 4.57 Å². The number of nitrogens with zero attached hydrogens (tertiary/aromatic N) is 2. The van der Waals surface area contributed by atoms with E-state index in [1.165, 1.54) is 23.9 Å². The standard InChI is InChI=1S/C25H26FN3O5S/c1-5-34-22-12-16(10-11-21(22)33-3)20(14-35(4,31)32)29-24-23(28-25(29)30)15(2)18(13-27-24)17-8-6-7-9-19(17)26/h6-13,20H,5,14H2,1-4H3,(H,28,30)/t20-/m0/s1. The van der Waals surface area contributed by atoms with Crippen LogP contribution in [0, 0.1) is 12.7 Å². The molecule has 0 fully saturated rings. The third kappa shape index (κ3) is 4.79. The zero-order valence-electron chi connectivity index (χ0n) is 19.8. The molecule has 184 valence electrons. The fraction of sp³-hybridized carbons (Fsp3) is 0.280. The summed E-state index contributed by atoms with van der Waals surface area (Å²) in [5, 5.41) is 0. The van der Waals surface area contributed by atoms with Crippen LogP contribution in [0.3, 0.4) is 0 Å². The van der Waals surface area contributed by atoms with Crippen LogP contribution in [-0.2, 0) is 9.84 Å². The first kappa shape index (κ1) is 24.5. The Kier molecular flexibility index (Phi) is 6.66. The normalized spacial score (nSPS) is 12.6. The molecule has 0 aliphatic rings. The second-order valence-corrected chi connectivity index (χ2v) is 10.4. The van der Waals surface area contributed by atoms with Crippen LogP contribution in [0.5, 0.6) is 11.5 Å². The van der Waals surface area contributed by atoms with Crippen molar-refractivity contribution in [3.05, 3.63) is 76.1 Å². The van der Waals surface area contributed by atoms with E-state index in [1.807, 2.05) is 6.92 Å². The smallest absolute Gasteiger partial charge is 0.328 e. The maximum absolute atomic E-state index is 14.4. The van der Waals surface area contributed by atoms with E-state index in [-0.39, 0.29) is 11.4 Å². The summed E-state index contributed by atoms with van der Waals surface area (Å²) >= 11 is 0. The largest absolute Gasteiger partial charge is 0.493 e. The van der Waals surface area contributed by atoms with Gasteiger partial charge in [-0.15, -0.1) is 0 Å². The van der Waals surface area contributed by atoms with Crippen LogP contribution in [0.25, 0.3) is 22.3 Å². The zero-order chi connectivity index (χ0) is 25.3. The lowest BCUT2D eigenvalue weighted by Crippen LogP contribution is -2.28. The van der Waals surface area contributed by atoms with Gasteiger partial charge in [0.25, 0.3) is 0 Å². The van der Waals surface area contributed by atoms with E-state index < -0.39 is 27.4 Å². The van der Waals surface area contributed by atoms with Gasteiger partial charge in [-0.05, 0) is 43.2 Å². The highest BCUT2D eigenvalue weighted by Crippen LogP contribution is 2.34. The van der Waals surface area contributed by atoms with Crippen LogP contribution in [0.1, 0.15) is 24.1 Å². The number of hydrogen-bond acceptors (Lipinski definition) is 6. The van der Waals surface area contributed by atoms with Crippen LogP contribution >= 0.6 is 0 Å². The Morgan fingerprint density at radius 1 is 1.14 bits per heavy atom. The maximum atomic E-state index is 14.4. The number of halogens is 1. The number of rotatable bonds is 8. The highest BCUT2D eigenvalue weighted by atomic mass is 32.2. The summed E-state index contributed by atoms with van der Waals surface area (Å²) in [4.78, 5) is 20.4. The average Bonchev–Trinajstić information content (AvgIpc) is 3.15. The number of aromatic amines is 1. The first-order valence-electron chi connectivity index (χ1n) is 11.0. The van der Waals surface area contributed by atoms with Gasteiger partial charge in [0.2, 0.25) is 0 Å². The lowest BCUT2D eigenvalue weighted by molar-refractivity contribution is 0.310. The van der Waals surface area contributed by atoms with Gasteiger partial charge in [0.15, 0.2) is 17.1 Å². The summed E-state index contributed by atoms with van der Waals surface area (Å²) in [6.45, 7) is 3.96. The van der Waals surface area contributed by atoms with Crippen molar-refractivity contribution in [2.75, 3.05) is 25.7 Å². The third-order valence-corrected chi connectivity index (χ3v) is 6.73. The number of aromatic nitrogens is 3. The van der Waals surface area contributed by atoms with Gasteiger partial charge in [-0.25, -0.2) is 22.6 Å². The predicted octanol–water partition coefficient (Wildman–Crippen LogP) is 3.88. The van der Waals surface area contributed by atoms with Crippen LogP contribution in [-0.4, -0.2) is 48.7 Å². The molecule has 0 saturated heterocycles. The van der Waals surface area contributed by atoms with E-state index in [9.17, 15) is 17.6 Å². The van der Waals surface area contributed by atoms with Gasteiger partial charge in [0.05, 0.1) is 31.0 Å². The summed E-state index contributed by atoms with van der Waals surface area (Å²) in [7, 11) is -2.00. The Hall–Kier alpha value is -3.66. The van der Waals surface area contributed by atoms with Crippen molar-refractivity contribution in [3.63, 3.8) is 0 Å². The van der Waals surface area contributed by atoms with Gasteiger partial charge in [-0.2, -0.15) is 0 Å². The van der Waals surface area contributed by atoms with Crippen molar-refractivity contribution < 1.29 is 22.3 Å². The molecule has 1 atom stereocenters. The van der Waals surface area contributed by atoms with Crippen LogP contribution in [0.15, 0.2) is 53.5 Å². The van der Waals surface area contributed by atoms with E-state index in [0.717, 1.165) is 6.26 Å². The number of aryl methyl sites for hydroxylation is 1. The number of nitrogens with one attached hydrogen (secondary N) is 1. The summed E-state index contributed by atoms with van der Waals surface area (Å²) in [5.41, 5.74) is 2.22. The van der Waals surface area contributed by atoms with E-state index in [2.05, 4.69) is 9.97 Å². The van der Waals surface area contributed by atoms with Crippen molar-refractivity contribution in [1.29, 1.82) is 0 Å². The number of hydrogen-bond donors (Lipinski definition) is 1. The number of imidazole rings is 1. The lowest BCUT2D eigenvalue weighted by Gasteiger charge is -2.20. The first-order chi connectivity index (χ1) is 16.6. The van der Waals surface area contributed by atoms with Gasteiger partial charge in [0, 0.05) is 23.6 Å². The van der Waals surface area contributed by atoms with Crippen molar-refractivity contribution in [1.82, 2.24) is 14.5 Å². The Labute approximate surface area is 202 Å². The molecule has 2 aromatic carbocycles. The predicted molar refractivity (Wildman–Crippen MR) is 132 cm³/mol. The van der Waals surface area contributed by atoms with E-state index >= 15 is 0 Å². The number of pyridine rings is 1. The Morgan fingerprint density at radius 3 is 2.54 bits per heavy atom. The number of sulfone groups is 1. The average molecular weight is 500 g/mol. The van der Waals surface area contributed by atoms with Crippen molar-refractivity contribution in [3.8, 4) is 22.6 Å². The molecule has 35 heavy (non-hydrogen) atoms. The maximum Gasteiger partial charge on any atom is 0.328 e. The summed E-state index contributed by atoms with van der Waals surface area (Å²) < 4.78 is 51.5. The third-order valence-electron chi connectivity index (χ3n) is 5.81. The molecule has 2 aromatic heterocycles. The highest BCUT2D eigenvalue weighted by Gasteiger charge is 2.26. The number of H-pyrrole nitrogens is 1. The molecular formula is C25H26FN3O5S. The number of fused-ring (bicyclic) bond motifs is 1. The monoisotopic (exact) mass is 499 g/mol. The molecule has 4 rings (SSSR count). The van der Waals surface area contributed by atoms with E-state index in [1.54, 1.807) is 43.3 Å². The second-order valence-electron chi connectivity index (χ2n) is 8.23. The van der Waals surface area contributed by atoms with Crippen molar-refractivity contribution >= 4 is 21.0 Å². The SMILES string of the molecule is CCOc1cc([C@H](CS(C)(=O)=O)n2c(=O)[nH]c3c(C)c(-c4ccccc4F)cnc32)ccc1OC. The summed E-state index contributed by atoms with van der Waals surface area (Å²) in [6.07, 6.45) is 2.61. The van der Waals surface area contributed by atoms with E-state index in [0.29, 0.717) is 45.9 Å². The Bertz CT molecular complexity index is 1560. The van der Waals surface area contributed by atoms with Gasteiger partial charge >= 0.3 is 5.69 Å². The number of benzene rings is 2. The summed E-state index contributed by atoms with van der Waals surface area (Å²) in [6, 6.07) is 10.5. The van der Waals surface area contributed by atoms with E-state index in [4.69, 9.17) is 9.47 Å². The summed E-state index contributed by atoms with van der Waals surface area (Å²) in [5.74, 6) is 0.177. The van der Waals surface area contributed by atoms with Crippen LogP contribution in [0.4, 0.5) is 4.39 Å². The van der Waals surface area contributed by atoms with Gasteiger partial charge < -0.3 is 14.5 Å². The van der Waals surface area contributed by atoms with Crippen molar-refractivity contribution in [2.24, 2.45) is 0 Å². The van der Waals surface area contributed by atoms with Gasteiger partial charge in [-0.1, -0.05) is 24.3 Å². The Morgan fingerprint density at radius 2 is 1.89 bits per heavy atom. The molecule has 8 nitrogen and oxygen atoms in total. The molecule has 0 unspecified atom stereocenters. The van der Waals surface area contributed by atoms with Gasteiger partial charge in [0.1, 0.15) is 15.7 Å². The molecule has 0 amide bonds. The zero-order valence-corrected chi connectivity index (χ0v) is 20.6. The molecular weight excluding hydrogens is 473 g/mol. The van der Waals surface area contributed by atoms with Crippen LogP contribution < -0.4 is 15.2 Å². The first-order valence-corrected chi connectivity index (χ1v) is 13.0. The lowest BCUT2D eigenvalue weighted by atomic mass is 10.0. The van der Waals surface area contributed by atoms with Crippen LogP contribution in [0.2, 0.25) is 0 Å². The highest BCUT2D eigenvalue weighted by molar-refractivity contribution is 7.90. The fourth-order valence-corrected chi connectivity index (χ4v) is 5.12. The molecule has 0 aliphatic carbocycles. The second kappa shape index (κ2) is 9.53. The number of ether oxygens (including phenoxy) is 2. The minimum Gasteiger partial charge on any atom is -0.493 e. The molecule has 0 bridgehead atoms. The minimum absolute atomic E-state index is 0.273.